The maximum absolute atomic E-state index is 9.81. The second-order valence-corrected chi connectivity index (χ2v) is 4.86. The van der Waals surface area contributed by atoms with Crippen molar-refractivity contribution in [3.8, 4) is 0 Å². The maximum atomic E-state index is 9.81. The van der Waals surface area contributed by atoms with Gasteiger partial charge in [0, 0.05) is 0 Å². The first-order chi connectivity index (χ1) is 7.81. The lowest BCUT2D eigenvalue weighted by Crippen LogP contribution is -2.05. The van der Waals surface area contributed by atoms with Crippen LogP contribution < -0.4 is 17.2 Å². The van der Waals surface area contributed by atoms with Crippen molar-refractivity contribution < 1.29 is 18.9 Å². The molecule has 0 amide bonds. The summed E-state index contributed by atoms with van der Waals surface area (Å²) in [5, 5.41) is 0. The van der Waals surface area contributed by atoms with Crippen molar-refractivity contribution in [2.45, 2.75) is 0 Å². The van der Waals surface area contributed by atoms with Gasteiger partial charge in [-0.1, -0.05) is 0 Å². The largest absolute Gasteiger partial charge is 0.510 e. The first kappa shape index (κ1) is 15.5. The molecule has 1 rings (SSSR count). The predicted molar refractivity (Wildman–Crippen MR) is 62.4 cm³/mol. The zero-order chi connectivity index (χ0) is 13.4. The molecule has 0 saturated carbocycles. The van der Waals surface area contributed by atoms with E-state index in [9.17, 15) is 9.13 Å². The van der Waals surface area contributed by atoms with Gasteiger partial charge >= 0.3 is 16.1 Å². The molecule has 0 bridgehead atoms. The number of rotatable bonds is 3. The van der Waals surface area contributed by atoms with E-state index in [2.05, 4.69) is 15.0 Å². The smallest absolute Gasteiger partial charge is 0.368 e. The number of hydrogen-bond donors (Lipinski definition) is 5. The topological polar surface area (TPSA) is 191 Å². The molecule has 0 radical (unpaired) electrons. The average Bonchev–Trinajstić information content (AvgIpc) is 2.13. The van der Waals surface area contributed by atoms with E-state index in [1.165, 1.54) is 0 Å². The Kier molecular flexibility index (Phi) is 7.08. The van der Waals surface area contributed by atoms with Crippen molar-refractivity contribution in [2.75, 3.05) is 29.5 Å². The first-order valence-electron chi connectivity index (χ1n) is 4.11. The van der Waals surface area contributed by atoms with Gasteiger partial charge < -0.3 is 17.2 Å². The third kappa shape index (κ3) is 9.46. The van der Waals surface area contributed by atoms with Gasteiger partial charge in [0.15, 0.2) is 0 Å². The van der Waals surface area contributed by atoms with Crippen LogP contribution in [0.15, 0.2) is 0 Å². The van der Waals surface area contributed by atoms with E-state index >= 15 is 0 Å². The van der Waals surface area contributed by atoms with E-state index in [1.54, 1.807) is 0 Å². The summed E-state index contributed by atoms with van der Waals surface area (Å²) >= 11 is 0. The zero-order valence-corrected chi connectivity index (χ0v) is 10.4. The number of aromatic nitrogens is 3. The summed E-state index contributed by atoms with van der Waals surface area (Å²) in [6.45, 7) is 0. The highest BCUT2D eigenvalue weighted by Crippen LogP contribution is 2.20. The van der Waals surface area contributed by atoms with Crippen molar-refractivity contribution in [1.29, 1.82) is 0 Å². The molecule has 1 aromatic rings. The molecule has 10 nitrogen and oxygen atoms in total. The van der Waals surface area contributed by atoms with Crippen LogP contribution in [0.4, 0.5) is 17.8 Å². The lowest BCUT2D eigenvalue weighted by atomic mass is 10.9. The van der Waals surface area contributed by atoms with Crippen LogP contribution >= 0.6 is 16.1 Å². The highest BCUT2D eigenvalue weighted by molar-refractivity contribution is 7.42. The van der Waals surface area contributed by atoms with E-state index in [1.807, 2.05) is 0 Å². The molecule has 0 saturated heterocycles. The van der Waals surface area contributed by atoms with Crippen LogP contribution in [0.2, 0.25) is 0 Å². The number of nitrogens with zero attached hydrogens (tertiary/aromatic N) is 3. The minimum atomic E-state index is -2.23. The molecule has 12 heteroatoms. The Morgan fingerprint density at radius 2 is 1.06 bits per heavy atom. The molecule has 0 fully saturated rings. The minimum absolute atomic E-state index is 0.0417. The Bertz CT molecular complexity index is 351. The van der Waals surface area contributed by atoms with Gasteiger partial charge in [-0.2, -0.15) is 24.7 Å². The van der Waals surface area contributed by atoms with Gasteiger partial charge in [-0.15, -0.1) is 0 Å². The Morgan fingerprint density at radius 1 is 0.824 bits per heavy atom. The van der Waals surface area contributed by atoms with Crippen LogP contribution in [0.1, 0.15) is 0 Å². The van der Waals surface area contributed by atoms with Crippen LogP contribution in [0.25, 0.3) is 0 Å². The Morgan fingerprint density at radius 3 is 1.24 bits per heavy atom. The molecule has 8 N–H and O–H groups in total. The second kappa shape index (κ2) is 7.75. The van der Waals surface area contributed by atoms with E-state index in [4.69, 9.17) is 27.0 Å². The Hall–Kier alpha value is -1.47. The first-order valence-corrected chi connectivity index (χ1v) is 6.90. The van der Waals surface area contributed by atoms with Crippen molar-refractivity contribution >= 4 is 33.9 Å². The molecule has 0 aromatic carbocycles. The van der Waals surface area contributed by atoms with Gasteiger partial charge in [0.2, 0.25) is 30.2 Å². The van der Waals surface area contributed by atoms with Gasteiger partial charge in [-0.3, -0.25) is 0 Å². The van der Waals surface area contributed by atoms with Crippen molar-refractivity contribution in [2.24, 2.45) is 0 Å². The standard InChI is InChI=1S/C3H6N6.C2H4O4P2/c4-1-7-2(5)9-3(6)8-1;3-7(4)1-2-8(5)6/h(H6,4,5,6,7,8,9);1-2H2/p+2. The monoisotopic (exact) mass is 282 g/mol. The summed E-state index contributed by atoms with van der Waals surface area (Å²) in [6, 6.07) is 0. The number of hydrogen-bond acceptors (Lipinski definition) is 8. The summed E-state index contributed by atoms with van der Waals surface area (Å²) < 4.78 is 19.6. The number of nitrogen functional groups attached to an aromatic ring is 3. The zero-order valence-electron chi connectivity index (χ0n) is 8.59. The molecule has 1 aromatic heterocycles. The summed E-state index contributed by atoms with van der Waals surface area (Å²) in [7, 11) is -4.45. The van der Waals surface area contributed by atoms with Crippen LogP contribution in [-0.4, -0.2) is 37.1 Å². The molecule has 2 atom stereocenters. The number of anilines is 3. The molecule has 1 heterocycles. The van der Waals surface area contributed by atoms with E-state index in [0.717, 1.165) is 0 Å². The molecule has 0 aliphatic heterocycles. The van der Waals surface area contributed by atoms with Crippen LogP contribution in [-0.2, 0) is 9.13 Å². The lowest BCUT2D eigenvalue weighted by molar-refractivity contribution is 0.494. The molecule has 94 valence electrons. The van der Waals surface area contributed by atoms with Gasteiger partial charge in [-0.05, 0) is 9.13 Å². The van der Waals surface area contributed by atoms with Crippen LogP contribution in [0, 0.1) is 0 Å². The minimum Gasteiger partial charge on any atom is -0.368 e. The van der Waals surface area contributed by atoms with E-state index in [0.29, 0.717) is 0 Å². The summed E-state index contributed by atoms with van der Waals surface area (Å²) in [5.41, 5.74) is 15.4. The fourth-order valence-corrected chi connectivity index (χ4v) is 1.97. The van der Waals surface area contributed by atoms with Gasteiger partial charge in [0.25, 0.3) is 0 Å². The average molecular weight is 282 g/mol. The molecular formula is C5H12N6O4P2+2. The molecule has 2 unspecified atom stereocenters. The normalized spacial score (nSPS) is 11.2. The highest BCUT2D eigenvalue weighted by atomic mass is 31.1. The van der Waals surface area contributed by atoms with Gasteiger partial charge in [0.05, 0.1) is 0 Å². The molecule has 17 heavy (non-hydrogen) atoms. The van der Waals surface area contributed by atoms with E-state index in [-0.39, 0.29) is 30.2 Å². The summed E-state index contributed by atoms with van der Waals surface area (Å²) in [5.74, 6) is 0.125. The van der Waals surface area contributed by atoms with Gasteiger partial charge in [0.1, 0.15) is 0 Å². The molecule has 0 spiro atoms. The lowest BCUT2D eigenvalue weighted by Gasteiger charge is -1.93. The van der Waals surface area contributed by atoms with E-state index < -0.39 is 16.1 Å². The van der Waals surface area contributed by atoms with Crippen LogP contribution in [0.5, 0.6) is 0 Å². The summed E-state index contributed by atoms with van der Waals surface area (Å²) in [6.07, 6.45) is -0.165. The SMILES string of the molecule is Nc1nc(N)nc(N)n1.O=[P+](O)CC[P+](=O)O. The third-order valence-corrected chi connectivity index (χ3v) is 2.74. The number of nitrogens with two attached hydrogens (primary N) is 3. The van der Waals surface area contributed by atoms with Crippen molar-refractivity contribution in [3.63, 3.8) is 0 Å². The van der Waals surface area contributed by atoms with Gasteiger partial charge in [-0.25, -0.2) is 0 Å². The molecular weight excluding hydrogens is 270 g/mol. The Labute approximate surface area is 98.0 Å². The molecule has 0 aliphatic carbocycles. The predicted octanol–water partition coefficient (Wildman–Crippen LogP) is -0.926. The van der Waals surface area contributed by atoms with Crippen LogP contribution in [0.3, 0.4) is 0 Å². The Balaban J connectivity index is 0.000000304. The third-order valence-electron chi connectivity index (χ3n) is 1.17. The van der Waals surface area contributed by atoms with Crippen molar-refractivity contribution in [3.05, 3.63) is 0 Å². The second-order valence-electron chi connectivity index (χ2n) is 2.56. The quantitative estimate of drug-likeness (QED) is 0.432. The summed E-state index contributed by atoms with van der Waals surface area (Å²) in [4.78, 5) is 26.6. The maximum Gasteiger partial charge on any atom is 0.510 e. The fourth-order valence-electron chi connectivity index (χ4n) is 0.598. The molecule has 0 aliphatic rings. The highest BCUT2D eigenvalue weighted by Gasteiger charge is 2.20. The fraction of sp³-hybridized carbons (Fsp3) is 0.400. The van der Waals surface area contributed by atoms with Crippen molar-refractivity contribution in [1.82, 2.24) is 15.0 Å².